The lowest BCUT2D eigenvalue weighted by Gasteiger charge is -2.09. The molecule has 0 aliphatic rings. The van der Waals surface area contributed by atoms with Gasteiger partial charge in [-0.1, -0.05) is 6.07 Å². The number of benzene rings is 1. The highest BCUT2D eigenvalue weighted by Crippen LogP contribution is 2.31. The molecule has 2 aromatic rings. The van der Waals surface area contributed by atoms with Crippen LogP contribution in [0.15, 0.2) is 39.7 Å². The summed E-state index contributed by atoms with van der Waals surface area (Å²) in [6.45, 7) is 0. The standard InChI is InChI=1S/C14H12O6.ClH/c1-18-11-4-3-8(5-12(11)19-2)9-7-20-13(14(16)17)6-10(9)15;/h3-7H,1-2H3,(H,16,17);1H. The van der Waals surface area contributed by atoms with Crippen LogP contribution in [0.3, 0.4) is 0 Å². The molecule has 7 heteroatoms. The Balaban J connectivity index is 0.00000220. The Labute approximate surface area is 126 Å². The summed E-state index contributed by atoms with van der Waals surface area (Å²) in [5, 5.41) is 8.75. The van der Waals surface area contributed by atoms with Crippen molar-refractivity contribution in [1.82, 2.24) is 0 Å². The smallest absolute Gasteiger partial charge is 0.371 e. The van der Waals surface area contributed by atoms with E-state index < -0.39 is 17.2 Å². The molecule has 0 atom stereocenters. The topological polar surface area (TPSA) is 86.0 Å². The minimum Gasteiger partial charge on any atom is -0.493 e. The average Bonchev–Trinajstić information content (AvgIpc) is 2.46. The second-order valence-electron chi connectivity index (χ2n) is 3.90. The Kier molecular flexibility index (Phi) is 5.37. The molecule has 0 amide bonds. The first-order valence-corrected chi connectivity index (χ1v) is 5.65. The summed E-state index contributed by atoms with van der Waals surface area (Å²) in [5.74, 6) is -0.699. The van der Waals surface area contributed by atoms with Crippen molar-refractivity contribution in [2.45, 2.75) is 0 Å². The van der Waals surface area contributed by atoms with Crippen LogP contribution >= 0.6 is 12.4 Å². The summed E-state index contributed by atoms with van der Waals surface area (Å²) in [6.07, 6.45) is 1.12. The normalized spacial score (nSPS) is 9.62. The zero-order chi connectivity index (χ0) is 14.7. The van der Waals surface area contributed by atoms with Crippen LogP contribution in [0.4, 0.5) is 0 Å². The number of aromatic carboxylic acids is 1. The van der Waals surface area contributed by atoms with Crippen molar-refractivity contribution in [3.63, 3.8) is 0 Å². The van der Waals surface area contributed by atoms with Gasteiger partial charge in [-0.25, -0.2) is 4.79 Å². The molecule has 0 saturated carbocycles. The fourth-order valence-electron chi connectivity index (χ4n) is 1.74. The number of hydrogen-bond donors (Lipinski definition) is 1. The minimum absolute atomic E-state index is 0. The second-order valence-corrected chi connectivity index (χ2v) is 3.90. The van der Waals surface area contributed by atoms with Crippen LogP contribution in [0.25, 0.3) is 11.1 Å². The van der Waals surface area contributed by atoms with Gasteiger partial charge in [0, 0.05) is 6.07 Å². The van der Waals surface area contributed by atoms with Gasteiger partial charge in [-0.05, 0) is 17.7 Å². The van der Waals surface area contributed by atoms with E-state index in [-0.39, 0.29) is 18.0 Å². The molecule has 0 spiro atoms. The first kappa shape index (κ1) is 16.6. The Hall–Kier alpha value is -2.47. The predicted octanol–water partition coefficient (Wildman–Crippen LogP) is 2.44. The van der Waals surface area contributed by atoms with Gasteiger partial charge >= 0.3 is 5.97 Å². The lowest BCUT2D eigenvalue weighted by atomic mass is 10.1. The molecular formula is C14H13ClO6. The molecule has 0 aliphatic carbocycles. The molecule has 6 nitrogen and oxygen atoms in total. The van der Waals surface area contributed by atoms with Gasteiger partial charge in [0.25, 0.3) is 0 Å². The van der Waals surface area contributed by atoms with Crippen LogP contribution in [0.2, 0.25) is 0 Å². The molecule has 1 N–H and O–H groups in total. The Morgan fingerprint density at radius 1 is 1.14 bits per heavy atom. The van der Waals surface area contributed by atoms with Gasteiger partial charge in [-0.2, -0.15) is 0 Å². The van der Waals surface area contributed by atoms with Crippen molar-refractivity contribution in [3.05, 3.63) is 46.5 Å². The van der Waals surface area contributed by atoms with Crippen molar-refractivity contribution in [1.29, 1.82) is 0 Å². The van der Waals surface area contributed by atoms with E-state index in [1.807, 2.05) is 0 Å². The Morgan fingerprint density at radius 3 is 2.33 bits per heavy atom. The fraction of sp³-hybridized carbons (Fsp3) is 0.143. The van der Waals surface area contributed by atoms with Crippen molar-refractivity contribution in [3.8, 4) is 22.6 Å². The number of ether oxygens (including phenoxy) is 2. The second kappa shape index (κ2) is 6.81. The van der Waals surface area contributed by atoms with E-state index in [0.717, 1.165) is 12.3 Å². The zero-order valence-electron chi connectivity index (χ0n) is 11.3. The van der Waals surface area contributed by atoms with E-state index in [0.29, 0.717) is 17.1 Å². The van der Waals surface area contributed by atoms with Crippen molar-refractivity contribution < 1.29 is 23.8 Å². The molecule has 1 aromatic carbocycles. The van der Waals surface area contributed by atoms with Crippen molar-refractivity contribution in [2.75, 3.05) is 14.2 Å². The third-order valence-corrected chi connectivity index (χ3v) is 2.74. The highest BCUT2D eigenvalue weighted by molar-refractivity contribution is 5.85. The number of carboxylic acids is 1. The highest BCUT2D eigenvalue weighted by atomic mass is 35.5. The largest absolute Gasteiger partial charge is 0.493 e. The monoisotopic (exact) mass is 312 g/mol. The van der Waals surface area contributed by atoms with Crippen LogP contribution < -0.4 is 14.9 Å². The summed E-state index contributed by atoms with van der Waals surface area (Å²) < 4.78 is 15.2. The molecule has 0 radical (unpaired) electrons. The van der Waals surface area contributed by atoms with Gasteiger partial charge < -0.3 is 19.0 Å². The third kappa shape index (κ3) is 3.35. The number of carboxylic acid groups (broad SMARTS) is 1. The van der Waals surface area contributed by atoms with Crippen LogP contribution in [0, 0.1) is 0 Å². The van der Waals surface area contributed by atoms with Crippen LogP contribution in [-0.4, -0.2) is 25.3 Å². The number of carbonyl (C=O) groups is 1. The molecule has 0 fully saturated rings. The lowest BCUT2D eigenvalue weighted by Crippen LogP contribution is -2.08. The molecule has 1 aromatic heterocycles. The third-order valence-electron chi connectivity index (χ3n) is 2.74. The molecule has 0 bridgehead atoms. The van der Waals surface area contributed by atoms with Gasteiger partial charge in [0.15, 0.2) is 16.9 Å². The first-order chi connectivity index (χ1) is 9.56. The zero-order valence-corrected chi connectivity index (χ0v) is 12.1. The lowest BCUT2D eigenvalue weighted by molar-refractivity contribution is 0.0659. The Bertz CT molecular complexity index is 707. The maximum Gasteiger partial charge on any atom is 0.371 e. The summed E-state index contributed by atoms with van der Waals surface area (Å²) in [4.78, 5) is 22.6. The molecule has 0 aliphatic heterocycles. The van der Waals surface area contributed by atoms with Gasteiger partial charge in [0.2, 0.25) is 5.76 Å². The molecular weight excluding hydrogens is 300 g/mol. The summed E-state index contributed by atoms with van der Waals surface area (Å²) >= 11 is 0. The van der Waals surface area contributed by atoms with E-state index in [2.05, 4.69) is 0 Å². The molecule has 112 valence electrons. The van der Waals surface area contributed by atoms with Crippen molar-refractivity contribution in [2.24, 2.45) is 0 Å². The number of methoxy groups -OCH3 is 2. The van der Waals surface area contributed by atoms with Gasteiger partial charge in [0.05, 0.1) is 19.8 Å². The van der Waals surface area contributed by atoms with Crippen LogP contribution in [0.5, 0.6) is 11.5 Å². The van der Waals surface area contributed by atoms with Gasteiger partial charge in [0.1, 0.15) is 6.26 Å². The van der Waals surface area contributed by atoms with Crippen LogP contribution in [-0.2, 0) is 0 Å². The van der Waals surface area contributed by atoms with Crippen LogP contribution in [0.1, 0.15) is 10.6 Å². The van der Waals surface area contributed by atoms with E-state index in [1.54, 1.807) is 18.2 Å². The van der Waals surface area contributed by atoms with E-state index >= 15 is 0 Å². The maximum absolute atomic E-state index is 11.9. The maximum atomic E-state index is 11.9. The Morgan fingerprint density at radius 2 is 1.81 bits per heavy atom. The molecule has 2 rings (SSSR count). The van der Waals surface area contributed by atoms with E-state index in [9.17, 15) is 9.59 Å². The van der Waals surface area contributed by atoms with E-state index in [1.165, 1.54) is 14.2 Å². The van der Waals surface area contributed by atoms with Gasteiger partial charge in [-0.15, -0.1) is 12.4 Å². The average molecular weight is 313 g/mol. The molecule has 1 heterocycles. The molecule has 0 saturated heterocycles. The van der Waals surface area contributed by atoms with E-state index in [4.69, 9.17) is 19.0 Å². The number of hydrogen-bond acceptors (Lipinski definition) is 5. The predicted molar refractivity (Wildman–Crippen MR) is 77.7 cm³/mol. The minimum atomic E-state index is -1.29. The SMILES string of the molecule is COc1ccc(-c2coc(C(=O)O)cc2=O)cc1OC.Cl. The van der Waals surface area contributed by atoms with Gasteiger partial charge in [-0.3, -0.25) is 4.79 Å². The highest BCUT2D eigenvalue weighted by Gasteiger charge is 2.12. The fourth-order valence-corrected chi connectivity index (χ4v) is 1.74. The summed E-state index contributed by atoms with van der Waals surface area (Å²) in [7, 11) is 2.99. The molecule has 21 heavy (non-hydrogen) atoms. The number of halogens is 1. The molecule has 0 unspecified atom stereocenters. The van der Waals surface area contributed by atoms with Crippen molar-refractivity contribution >= 4 is 18.4 Å². The number of rotatable bonds is 4. The first-order valence-electron chi connectivity index (χ1n) is 5.65. The summed E-state index contributed by atoms with van der Waals surface area (Å²) in [5.41, 5.74) is 0.352. The quantitative estimate of drug-likeness (QED) is 0.933. The summed E-state index contributed by atoms with van der Waals surface area (Å²) in [6, 6.07) is 5.87.